The van der Waals surface area contributed by atoms with Crippen LogP contribution in [0.4, 0.5) is 0 Å². The van der Waals surface area contributed by atoms with Gasteiger partial charge in [0.05, 0.1) is 6.42 Å². The number of para-hydroxylation sites is 1. The Balaban J connectivity index is 1.88. The number of rotatable bonds is 7. The Kier molecular flexibility index (Phi) is 5.39. The van der Waals surface area contributed by atoms with Crippen LogP contribution in [0.3, 0.4) is 0 Å². The zero-order valence-electron chi connectivity index (χ0n) is 12.8. The zero-order valence-corrected chi connectivity index (χ0v) is 12.8. The monoisotopic (exact) mass is 288 g/mol. The molecule has 0 aliphatic carbocycles. The van der Waals surface area contributed by atoms with E-state index in [-0.39, 0.29) is 12.5 Å². The lowest BCUT2D eigenvalue weighted by Crippen LogP contribution is -2.26. The number of benzene rings is 1. The fourth-order valence-corrected chi connectivity index (χ4v) is 2.56. The van der Waals surface area contributed by atoms with Gasteiger partial charge in [0.2, 0.25) is 5.91 Å². The third kappa shape index (κ3) is 4.08. The Bertz CT molecular complexity index is 604. The van der Waals surface area contributed by atoms with Crippen LogP contribution < -0.4 is 5.32 Å². The highest BCUT2D eigenvalue weighted by Crippen LogP contribution is 2.22. The fourth-order valence-electron chi connectivity index (χ4n) is 2.56. The highest BCUT2D eigenvalue weighted by Gasteiger charge is 2.11. The third-order valence-corrected chi connectivity index (χ3v) is 3.87. The number of hydrogen-bond donors (Lipinski definition) is 3. The largest absolute Gasteiger partial charge is 0.396 e. The summed E-state index contributed by atoms with van der Waals surface area (Å²) in [6.45, 7) is 4.90. The van der Waals surface area contributed by atoms with E-state index in [1.54, 1.807) is 0 Å². The normalized spacial score (nSPS) is 12.5. The van der Waals surface area contributed by atoms with Crippen LogP contribution in [-0.2, 0) is 11.2 Å². The topological polar surface area (TPSA) is 65.1 Å². The van der Waals surface area contributed by atoms with Crippen LogP contribution in [0.5, 0.6) is 0 Å². The first-order valence-electron chi connectivity index (χ1n) is 7.55. The molecule has 2 aromatic rings. The highest BCUT2D eigenvalue weighted by molar-refractivity contribution is 5.90. The molecule has 1 atom stereocenters. The predicted molar refractivity (Wildman–Crippen MR) is 85.2 cm³/mol. The molecule has 114 valence electrons. The maximum Gasteiger partial charge on any atom is 0.224 e. The molecular formula is C17H24N2O2. The van der Waals surface area contributed by atoms with Crippen molar-refractivity contribution in [1.29, 1.82) is 0 Å². The smallest absolute Gasteiger partial charge is 0.224 e. The Hall–Kier alpha value is -1.81. The molecule has 1 aromatic carbocycles. The van der Waals surface area contributed by atoms with E-state index in [4.69, 9.17) is 5.11 Å². The zero-order chi connectivity index (χ0) is 15.2. The van der Waals surface area contributed by atoms with E-state index in [1.807, 2.05) is 38.1 Å². The average molecular weight is 288 g/mol. The number of aromatic nitrogens is 1. The molecule has 0 aliphatic heterocycles. The van der Waals surface area contributed by atoms with Gasteiger partial charge in [-0.3, -0.25) is 4.79 Å². The minimum atomic E-state index is 0.0551. The molecule has 2 rings (SSSR count). The average Bonchev–Trinajstić information content (AvgIpc) is 2.79. The van der Waals surface area contributed by atoms with Gasteiger partial charge in [-0.05, 0) is 37.3 Å². The lowest BCUT2D eigenvalue weighted by Gasteiger charge is -2.08. The van der Waals surface area contributed by atoms with Gasteiger partial charge in [-0.1, -0.05) is 25.1 Å². The first-order chi connectivity index (χ1) is 10.1. The van der Waals surface area contributed by atoms with Crippen molar-refractivity contribution in [1.82, 2.24) is 10.3 Å². The number of carbonyl (C=O) groups excluding carboxylic acids is 1. The number of aliphatic hydroxyl groups excluding tert-OH is 1. The number of aliphatic hydroxyl groups is 1. The molecule has 0 saturated heterocycles. The Morgan fingerprint density at radius 3 is 2.90 bits per heavy atom. The predicted octanol–water partition coefficient (Wildman–Crippen LogP) is 2.54. The van der Waals surface area contributed by atoms with Gasteiger partial charge < -0.3 is 15.4 Å². The van der Waals surface area contributed by atoms with E-state index in [2.05, 4.69) is 10.3 Å². The summed E-state index contributed by atoms with van der Waals surface area (Å²) in [6, 6.07) is 8.06. The van der Waals surface area contributed by atoms with Crippen LogP contribution in [0, 0.1) is 12.8 Å². The summed E-state index contributed by atoms with van der Waals surface area (Å²) in [7, 11) is 0. The van der Waals surface area contributed by atoms with Crippen LogP contribution in [-0.4, -0.2) is 29.1 Å². The van der Waals surface area contributed by atoms with Crippen molar-refractivity contribution in [2.24, 2.45) is 5.92 Å². The van der Waals surface area contributed by atoms with Crippen molar-refractivity contribution in [3.63, 3.8) is 0 Å². The number of aryl methyl sites for hydroxylation is 1. The van der Waals surface area contributed by atoms with E-state index in [9.17, 15) is 4.79 Å². The summed E-state index contributed by atoms with van der Waals surface area (Å²) >= 11 is 0. The molecule has 4 heteroatoms. The first-order valence-corrected chi connectivity index (χ1v) is 7.55. The molecule has 0 bridgehead atoms. The second-order valence-corrected chi connectivity index (χ2v) is 5.73. The quantitative estimate of drug-likeness (QED) is 0.686. The van der Waals surface area contributed by atoms with Crippen LogP contribution in [0.15, 0.2) is 24.3 Å². The number of amides is 1. The number of aromatic amines is 1. The van der Waals surface area contributed by atoms with Gasteiger partial charge in [-0.25, -0.2) is 0 Å². The van der Waals surface area contributed by atoms with Crippen molar-refractivity contribution in [2.75, 3.05) is 13.2 Å². The van der Waals surface area contributed by atoms with E-state index < -0.39 is 0 Å². The van der Waals surface area contributed by atoms with Crippen LogP contribution in [0.1, 0.15) is 31.0 Å². The molecule has 4 nitrogen and oxygen atoms in total. The molecule has 0 aliphatic rings. The minimum absolute atomic E-state index is 0.0551. The van der Waals surface area contributed by atoms with Gasteiger partial charge in [-0.15, -0.1) is 0 Å². The lowest BCUT2D eigenvalue weighted by atomic mass is 10.1. The summed E-state index contributed by atoms with van der Waals surface area (Å²) in [6.07, 6.45) is 2.24. The number of H-pyrrole nitrogens is 1. The van der Waals surface area contributed by atoms with Crippen molar-refractivity contribution >= 4 is 16.8 Å². The fraction of sp³-hybridized carbons (Fsp3) is 0.471. The molecule has 0 fully saturated rings. The second kappa shape index (κ2) is 7.27. The van der Waals surface area contributed by atoms with Gasteiger partial charge in [0.25, 0.3) is 0 Å². The van der Waals surface area contributed by atoms with E-state index in [1.165, 1.54) is 0 Å². The summed E-state index contributed by atoms with van der Waals surface area (Å²) in [5.74, 6) is 0.359. The third-order valence-electron chi connectivity index (χ3n) is 3.87. The molecular weight excluding hydrogens is 264 g/mol. The van der Waals surface area contributed by atoms with E-state index in [0.717, 1.165) is 35.0 Å². The van der Waals surface area contributed by atoms with Gasteiger partial charge in [0.1, 0.15) is 0 Å². The number of nitrogens with one attached hydrogen (secondary N) is 2. The molecule has 0 radical (unpaired) electrons. The van der Waals surface area contributed by atoms with Crippen molar-refractivity contribution < 1.29 is 9.90 Å². The van der Waals surface area contributed by atoms with E-state index in [0.29, 0.717) is 18.9 Å². The van der Waals surface area contributed by atoms with Gasteiger partial charge in [0.15, 0.2) is 0 Å². The highest BCUT2D eigenvalue weighted by atomic mass is 16.3. The van der Waals surface area contributed by atoms with Gasteiger partial charge in [-0.2, -0.15) is 0 Å². The first kappa shape index (κ1) is 15.6. The Morgan fingerprint density at radius 1 is 1.38 bits per heavy atom. The second-order valence-electron chi connectivity index (χ2n) is 5.73. The molecule has 1 unspecified atom stereocenters. The van der Waals surface area contributed by atoms with Gasteiger partial charge >= 0.3 is 0 Å². The maximum atomic E-state index is 12.0. The maximum absolute atomic E-state index is 12.0. The summed E-state index contributed by atoms with van der Waals surface area (Å²) in [5, 5.41) is 13.0. The number of fused-ring (bicyclic) bond motifs is 1. The van der Waals surface area contributed by atoms with Crippen molar-refractivity contribution in [2.45, 2.75) is 33.1 Å². The van der Waals surface area contributed by atoms with Crippen LogP contribution >= 0.6 is 0 Å². The number of hydrogen-bond acceptors (Lipinski definition) is 2. The molecule has 0 spiro atoms. The SMILES string of the molecule is Cc1[nH]c2ccccc2c1CC(=O)NCCCC(C)CO. The van der Waals surface area contributed by atoms with Crippen molar-refractivity contribution in [3.05, 3.63) is 35.5 Å². The van der Waals surface area contributed by atoms with E-state index >= 15 is 0 Å². The van der Waals surface area contributed by atoms with Crippen LogP contribution in [0.25, 0.3) is 10.9 Å². The lowest BCUT2D eigenvalue weighted by molar-refractivity contribution is -0.120. The summed E-state index contributed by atoms with van der Waals surface area (Å²) in [5.41, 5.74) is 3.21. The molecule has 21 heavy (non-hydrogen) atoms. The Labute approximate surface area is 125 Å². The van der Waals surface area contributed by atoms with Crippen molar-refractivity contribution in [3.8, 4) is 0 Å². The Morgan fingerprint density at radius 2 is 2.14 bits per heavy atom. The summed E-state index contributed by atoms with van der Waals surface area (Å²) < 4.78 is 0. The molecule has 1 aromatic heterocycles. The molecule has 3 N–H and O–H groups in total. The molecule has 1 amide bonds. The summed E-state index contributed by atoms with van der Waals surface area (Å²) in [4.78, 5) is 15.4. The molecule has 0 saturated carbocycles. The number of carbonyl (C=O) groups is 1. The van der Waals surface area contributed by atoms with Gasteiger partial charge in [0, 0.05) is 29.7 Å². The molecule has 1 heterocycles. The minimum Gasteiger partial charge on any atom is -0.396 e. The standard InChI is InChI=1S/C17H24N2O2/c1-12(11-20)6-5-9-18-17(21)10-15-13(2)19-16-8-4-3-7-14(15)16/h3-4,7-8,12,19-20H,5-6,9-11H2,1-2H3,(H,18,21). The van der Waals surface area contributed by atoms with Crippen LogP contribution in [0.2, 0.25) is 0 Å².